The number of carbonyl (C=O) groups is 2. The number of anilines is 1. The zero-order valence-corrected chi connectivity index (χ0v) is 24.5. The standard InChI is InChI=1S/C28H34Cl2N6O2S/c1-20(37)34-16-7-21(8-17-34)28(38)35(22-3-4-24(29)25(30)19-22)13-2-12-33-14-9-23(10-15-33)39-27-6-5-26-31-11-18-36(26)32-27/h3-6,11,18-19,21,23H,2,7-10,12-17H2,1H3. The van der Waals surface area contributed by atoms with E-state index in [-0.39, 0.29) is 17.7 Å². The van der Waals surface area contributed by atoms with E-state index in [1.165, 1.54) is 0 Å². The summed E-state index contributed by atoms with van der Waals surface area (Å²) in [4.78, 5) is 35.8. The summed E-state index contributed by atoms with van der Waals surface area (Å²) in [5, 5.41) is 7.15. The van der Waals surface area contributed by atoms with Crippen molar-refractivity contribution >= 4 is 58.1 Å². The highest BCUT2D eigenvalue weighted by atomic mass is 35.5. The summed E-state index contributed by atoms with van der Waals surface area (Å²) in [7, 11) is 0. The number of nitrogens with zero attached hydrogens (tertiary/aromatic N) is 6. The molecule has 2 aliphatic rings. The molecule has 0 bridgehead atoms. The van der Waals surface area contributed by atoms with Gasteiger partial charge in [-0.1, -0.05) is 23.2 Å². The van der Waals surface area contributed by atoms with E-state index < -0.39 is 0 Å². The number of likely N-dealkylation sites (tertiary alicyclic amines) is 2. The Morgan fingerprint density at radius 1 is 1.03 bits per heavy atom. The van der Waals surface area contributed by atoms with Crippen LogP contribution in [0.3, 0.4) is 0 Å². The molecule has 208 valence electrons. The molecular formula is C28H34Cl2N6O2S. The van der Waals surface area contributed by atoms with Crippen LogP contribution in [0.25, 0.3) is 5.65 Å². The second-order valence-electron chi connectivity index (χ2n) is 10.3. The van der Waals surface area contributed by atoms with Gasteiger partial charge in [-0.3, -0.25) is 9.59 Å². The number of carbonyl (C=O) groups excluding carboxylic acids is 2. The topological polar surface area (TPSA) is 74.1 Å². The number of thioether (sulfide) groups is 1. The molecule has 0 saturated carbocycles. The second-order valence-corrected chi connectivity index (χ2v) is 12.4. The molecule has 2 saturated heterocycles. The van der Waals surface area contributed by atoms with Crippen LogP contribution in [0.15, 0.2) is 47.8 Å². The largest absolute Gasteiger partial charge is 0.343 e. The molecule has 11 heteroatoms. The minimum absolute atomic E-state index is 0.0694. The molecule has 3 aromatic rings. The van der Waals surface area contributed by atoms with Gasteiger partial charge in [0.1, 0.15) is 5.03 Å². The third kappa shape index (κ3) is 7.06. The van der Waals surface area contributed by atoms with E-state index in [4.69, 9.17) is 23.2 Å². The maximum Gasteiger partial charge on any atom is 0.230 e. The molecule has 5 rings (SSSR count). The first-order chi connectivity index (χ1) is 18.9. The quantitative estimate of drug-likeness (QED) is 0.356. The molecule has 0 unspecified atom stereocenters. The Labute approximate surface area is 243 Å². The van der Waals surface area contributed by atoms with E-state index in [0.29, 0.717) is 47.8 Å². The van der Waals surface area contributed by atoms with E-state index in [2.05, 4.69) is 21.0 Å². The van der Waals surface area contributed by atoms with Gasteiger partial charge in [0.25, 0.3) is 0 Å². The van der Waals surface area contributed by atoms with E-state index in [9.17, 15) is 9.59 Å². The van der Waals surface area contributed by atoms with Gasteiger partial charge < -0.3 is 14.7 Å². The van der Waals surface area contributed by atoms with Gasteiger partial charge in [-0.15, -0.1) is 11.8 Å². The summed E-state index contributed by atoms with van der Waals surface area (Å²) in [5.41, 5.74) is 1.64. The van der Waals surface area contributed by atoms with E-state index in [1.54, 1.807) is 25.3 Å². The molecule has 8 nitrogen and oxygen atoms in total. The van der Waals surface area contributed by atoms with Crippen molar-refractivity contribution < 1.29 is 9.59 Å². The molecule has 0 aliphatic carbocycles. The van der Waals surface area contributed by atoms with Crippen molar-refractivity contribution in [3.8, 4) is 0 Å². The summed E-state index contributed by atoms with van der Waals surface area (Å²) in [6, 6.07) is 9.47. The van der Waals surface area contributed by atoms with Gasteiger partial charge in [0.05, 0.1) is 10.0 Å². The van der Waals surface area contributed by atoms with Crippen LogP contribution in [-0.2, 0) is 9.59 Å². The van der Waals surface area contributed by atoms with Gasteiger partial charge in [-0.05, 0) is 82.1 Å². The van der Waals surface area contributed by atoms with Crippen LogP contribution in [0.4, 0.5) is 5.69 Å². The average molecular weight is 590 g/mol. The number of aromatic nitrogens is 3. The van der Waals surface area contributed by atoms with E-state index in [1.807, 2.05) is 44.4 Å². The number of hydrogen-bond acceptors (Lipinski definition) is 6. The minimum atomic E-state index is -0.0991. The van der Waals surface area contributed by atoms with Crippen LogP contribution in [0.5, 0.6) is 0 Å². The van der Waals surface area contributed by atoms with Crippen LogP contribution >= 0.6 is 35.0 Å². The number of rotatable bonds is 8. The lowest BCUT2D eigenvalue weighted by Crippen LogP contribution is -2.45. The number of hydrogen-bond donors (Lipinski definition) is 0. The van der Waals surface area contributed by atoms with Gasteiger partial charge in [-0.25, -0.2) is 9.50 Å². The van der Waals surface area contributed by atoms with Gasteiger partial charge in [-0.2, -0.15) is 5.10 Å². The SMILES string of the molecule is CC(=O)N1CCC(C(=O)N(CCCN2CCC(Sc3ccc4nccn4n3)CC2)c2ccc(Cl)c(Cl)c2)CC1. The van der Waals surface area contributed by atoms with Crippen molar-refractivity contribution in [1.82, 2.24) is 24.4 Å². The third-order valence-electron chi connectivity index (χ3n) is 7.68. The minimum Gasteiger partial charge on any atom is -0.343 e. The average Bonchev–Trinajstić information content (AvgIpc) is 3.41. The molecule has 0 spiro atoms. The maximum atomic E-state index is 13.7. The van der Waals surface area contributed by atoms with Crippen molar-refractivity contribution in [1.29, 1.82) is 0 Å². The highest BCUT2D eigenvalue weighted by Crippen LogP contribution is 2.31. The smallest absolute Gasteiger partial charge is 0.230 e. The Bertz CT molecular complexity index is 1300. The number of benzene rings is 1. The first-order valence-electron chi connectivity index (χ1n) is 13.6. The summed E-state index contributed by atoms with van der Waals surface area (Å²) in [6.07, 6.45) is 8.10. The van der Waals surface area contributed by atoms with Crippen LogP contribution in [0, 0.1) is 5.92 Å². The monoisotopic (exact) mass is 588 g/mol. The van der Waals surface area contributed by atoms with Gasteiger partial charge in [0.15, 0.2) is 5.65 Å². The third-order valence-corrected chi connectivity index (χ3v) is 9.68. The Morgan fingerprint density at radius 3 is 2.51 bits per heavy atom. The Kier molecular flexibility index (Phi) is 9.32. The first-order valence-corrected chi connectivity index (χ1v) is 15.2. The Morgan fingerprint density at radius 2 is 1.79 bits per heavy atom. The highest BCUT2D eigenvalue weighted by molar-refractivity contribution is 7.99. The highest BCUT2D eigenvalue weighted by Gasteiger charge is 2.30. The molecular weight excluding hydrogens is 555 g/mol. The number of amides is 2. The lowest BCUT2D eigenvalue weighted by molar-refractivity contribution is -0.133. The molecule has 2 fully saturated rings. The zero-order chi connectivity index (χ0) is 27.4. The van der Waals surface area contributed by atoms with Crippen molar-refractivity contribution in [2.45, 2.75) is 49.3 Å². The predicted molar refractivity (Wildman–Crippen MR) is 157 cm³/mol. The fourth-order valence-electron chi connectivity index (χ4n) is 5.42. The second kappa shape index (κ2) is 12.9. The lowest BCUT2D eigenvalue weighted by atomic mass is 9.94. The van der Waals surface area contributed by atoms with Crippen molar-refractivity contribution in [2.24, 2.45) is 5.92 Å². The fourth-order valence-corrected chi connectivity index (χ4v) is 6.78. The number of imidazole rings is 1. The summed E-state index contributed by atoms with van der Waals surface area (Å²) in [6.45, 7) is 6.46. The van der Waals surface area contributed by atoms with Crippen LogP contribution in [0.1, 0.15) is 39.0 Å². The number of fused-ring (bicyclic) bond motifs is 1. The summed E-state index contributed by atoms with van der Waals surface area (Å²) in [5.74, 6) is 0.0759. The van der Waals surface area contributed by atoms with Crippen molar-refractivity contribution in [2.75, 3.05) is 44.2 Å². The fraction of sp³-hybridized carbons (Fsp3) is 0.500. The van der Waals surface area contributed by atoms with Gasteiger partial charge in [0.2, 0.25) is 11.8 Å². The molecule has 0 atom stereocenters. The molecule has 0 radical (unpaired) electrons. The predicted octanol–water partition coefficient (Wildman–Crippen LogP) is 5.27. The van der Waals surface area contributed by atoms with Gasteiger partial charge in [0, 0.05) is 55.8 Å². The van der Waals surface area contributed by atoms with Crippen LogP contribution < -0.4 is 4.90 Å². The zero-order valence-electron chi connectivity index (χ0n) is 22.1. The summed E-state index contributed by atoms with van der Waals surface area (Å²) < 4.78 is 1.82. The molecule has 39 heavy (non-hydrogen) atoms. The van der Waals surface area contributed by atoms with Crippen molar-refractivity contribution in [3.05, 3.63) is 52.8 Å². The van der Waals surface area contributed by atoms with Crippen molar-refractivity contribution in [3.63, 3.8) is 0 Å². The van der Waals surface area contributed by atoms with Crippen LogP contribution in [0.2, 0.25) is 10.0 Å². The molecule has 2 aliphatic heterocycles. The molecule has 4 heterocycles. The Hall–Kier alpha value is -2.33. The normalized spacial score (nSPS) is 17.6. The lowest BCUT2D eigenvalue weighted by Gasteiger charge is -2.35. The van der Waals surface area contributed by atoms with Crippen LogP contribution in [-0.4, -0.2) is 80.7 Å². The molecule has 2 aromatic heterocycles. The number of piperidine rings is 2. The molecule has 2 amide bonds. The van der Waals surface area contributed by atoms with E-state index in [0.717, 1.165) is 55.3 Å². The molecule has 0 N–H and O–H groups in total. The maximum absolute atomic E-state index is 13.7. The first kappa shape index (κ1) is 28.2. The number of halogens is 2. The van der Waals surface area contributed by atoms with Gasteiger partial charge >= 0.3 is 0 Å². The molecule has 1 aromatic carbocycles. The van der Waals surface area contributed by atoms with E-state index >= 15 is 0 Å². The summed E-state index contributed by atoms with van der Waals surface area (Å²) >= 11 is 14.3. The Balaban J connectivity index is 1.14.